The lowest BCUT2D eigenvalue weighted by atomic mass is 10.0. The molecule has 0 bridgehead atoms. The summed E-state index contributed by atoms with van der Waals surface area (Å²) in [5.74, 6) is -1.13. The molecular weight excluding hydrogens is 216 g/mol. The van der Waals surface area contributed by atoms with E-state index in [2.05, 4.69) is 4.74 Å². The summed E-state index contributed by atoms with van der Waals surface area (Å²) < 4.78 is 4.62. The monoisotopic (exact) mass is 228 g/mol. The fraction of sp³-hybridized carbons (Fsp3) is 0.143. The zero-order valence-corrected chi connectivity index (χ0v) is 9.69. The van der Waals surface area contributed by atoms with Gasteiger partial charge in [-0.05, 0) is 25.5 Å². The number of esters is 2. The molecule has 0 radical (unpaired) electrons. The van der Waals surface area contributed by atoms with Gasteiger partial charge in [0.05, 0.1) is 11.1 Å². The topological polar surface area (TPSA) is 43.4 Å². The summed E-state index contributed by atoms with van der Waals surface area (Å²) in [4.78, 5) is 23.0. The zero-order chi connectivity index (χ0) is 12.4. The summed E-state index contributed by atoms with van der Waals surface area (Å²) >= 11 is 0. The number of ether oxygens (including phenoxy) is 1. The van der Waals surface area contributed by atoms with Crippen LogP contribution in [-0.4, -0.2) is 11.9 Å². The highest BCUT2D eigenvalue weighted by Crippen LogP contribution is 2.27. The van der Waals surface area contributed by atoms with Gasteiger partial charge in [-0.3, -0.25) is 0 Å². The normalized spacial score (nSPS) is 17.5. The van der Waals surface area contributed by atoms with Crippen LogP contribution in [0.4, 0.5) is 0 Å². The van der Waals surface area contributed by atoms with E-state index < -0.39 is 11.9 Å². The predicted octanol–water partition coefficient (Wildman–Crippen LogP) is 2.49. The van der Waals surface area contributed by atoms with E-state index in [1.807, 2.05) is 30.3 Å². The molecule has 1 aromatic rings. The van der Waals surface area contributed by atoms with Crippen LogP contribution in [0.2, 0.25) is 0 Å². The Hall–Kier alpha value is -2.16. The Morgan fingerprint density at radius 1 is 1.06 bits per heavy atom. The van der Waals surface area contributed by atoms with Crippen LogP contribution in [0, 0.1) is 0 Å². The molecule has 2 rings (SSSR count). The highest BCUT2D eigenvalue weighted by Gasteiger charge is 2.33. The molecule has 3 nitrogen and oxygen atoms in total. The quantitative estimate of drug-likeness (QED) is 0.421. The summed E-state index contributed by atoms with van der Waals surface area (Å²) in [6, 6.07) is 9.37. The van der Waals surface area contributed by atoms with Gasteiger partial charge in [0.25, 0.3) is 0 Å². The van der Waals surface area contributed by atoms with Crippen LogP contribution < -0.4 is 0 Å². The fourth-order valence-electron chi connectivity index (χ4n) is 1.72. The second-order valence-electron chi connectivity index (χ2n) is 4.02. The van der Waals surface area contributed by atoms with Gasteiger partial charge in [-0.2, -0.15) is 0 Å². The molecule has 1 aliphatic rings. The minimum Gasteiger partial charge on any atom is -0.386 e. The van der Waals surface area contributed by atoms with Crippen molar-refractivity contribution >= 4 is 18.0 Å². The van der Waals surface area contributed by atoms with E-state index in [0.717, 1.165) is 11.1 Å². The molecule has 0 saturated carbocycles. The number of benzene rings is 1. The molecule has 1 fully saturated rings. The van der Waals surface area contributed by atoms with Crippen LogP contribution in [0.5, 0.6) is 0 Å². The van der Waals surface area contributed by atoms with E-state index in [1.54, 1.807) is 19.9 Å². The van der Waals surface area contributed by atoms with Crippen LogP contribution in [-0.2, 0) is 14.3 Å². The Labute approximate surface area is 99.4 Å². The molecule has 1 aromatic carbocycles. The Morgan fingerprint density at radius 3 is 2.29 bits per heavy atom. The molecule has 0 aliphatic carbocycles. The Bertz CT molecular complexity index is 532. The molecule has 0 atom stereocenters. The second kappa shape index (κ2) is 4.37. The number of cyclic esters (lactones) is 2. The van der Waals surface area contributed by atoms with Gasteiger partial charge in [-0.15, -0.1) is 0 Å². The predicted molar refractivity (Wildman–Crippen MR) is 63.9 cm³/mol. The number of allylic oxidation sites excluding steroid dienone is 1. The summed E-state index contributed by atoms with van der Waals surface area (Å²) in [7, 11) is 0. The van der Waals surface area contributed by atoms with Gasteiger partial charge in [0.2, 0.25) is 0 Å². The van der Waals surface area contributed by atoms with Crippen LogP contribution in [0.3, 0.4) is 0 Å². The van der Waals surface area contributed by atoms with E-state index in [0.29, 0.717) is 11.1 Å². The van der Waals surface area contributed by atoms with Crippen molar-refractivity contribution in [1.82, 2.24) is 0 Å². The summed E-state index contributed by atoms with van der Waals surface area (Å²) in [6.07, 6.45) is 1.68. The highest BCUT2D eigenvalue weighted by atomic mass is 16.6. The molecule has 86 valence electrons. The maximum atomic E-state index is 11.6. The third kappa shape index (κ3) is 2.18. The Morgan fingerprint density at radius 2 is 1.71 bits per heavy atom. The molecule has 0 unspecified atom stereocenters. The van der Waals surface area contributed by atoms with Gasteiger partial charge < -0.3 is 4.74 Å². The van der Waals surface area contributed by atoms with E-state index in [9.17, 15) is 9.59 Å². The van der Waals surface area contributed by atoms with Gasteiger partial charge in [0, 0.05) is 0 Å². The van der Waals surface area contributed by atoms with Crippen molar-refractivity contribution in [2.24, 2.45) is 0 Å². The van der Waals surface area contributed by atoms with E-state index >= 15 is 0 Å². The smallest absolute Gasteiger partial charge is 0.346 e. The Balaban J connectivity index is 2.51. The van der Waals surface area contributed by atoms with Crippen LogP contribution >= 0.6 is 0 Å². The maximum Gasteiger partial charge on any atom is 0.346 e. The van der Waals surface area contributed by atoms with Crippen molar-refractivity contribution in [1.29, 1.82) is 0 Å². The number of hydrogen-bond donors (Lipinski definition) is 0. The molecule has 1 saturated heterocycles. The van der Waals surface area contributed by atoms with Gasteiger partial charge in [0.15, 0.2) is 0 Å². The van der Waals surface area contributed by atoms with Gasteiger partial charge >= 0.3 is 11.9 Å². The molecule has 1 heterocycles. The molecule has 17 heavy (non-hydrogen) atoms. The molecule has 0 aromatic heterocycles. The molecule has 0 amide bonds. The Kier molecular flexibility index (Phi) is 2.91. The first-order valence-corrected chi connectivity index (χ1v) is 5.30. The summed E-state index contributed by atoms with van der Waals surface area (Å²) in [5.41, 5.74) is 2.36. The number of hydrogen-bond acceptors (Lipinski definition) is 3. The standard InChI is InChI=1S/C14H12O3/c1-9(2)12-11(13(15)17-14(12)16)8-10-6-4-3-5-7-10/h3-8H,1-2H3. The first-order chi connectivity index (χ1) is 8.09. The number of rotatable bonds is 1. The fourth-order valence-corrected chi connectivity index (χ4v) is 1.72. The summed E-state index contributed by atoms with van der Waals surface area (Å²) in [5, 5.41) is 0. The molecular formula is C14H12O3. The molecule has 1 aliphatic heterocycles. The first-order valence-electron chi connectivity index (χ1n) is 5.30. The van der Waals surface area contributed by atoms with Crippen molar-refractivity contribution < 1.29 is 14.3 Å². The van der Waals surface area contributed by atoms with Crippen molar-refractivity contribution in [2.45, 2.75) is 13.8 Å². The van der Waals surface area contributed by atoms with Gasteiger partial charge in [0.1, 0.15) is 0 Å². The molecule has 0 spiro atoms. The SMILES string of the molecule is CC(C)=C1C(=O)OC(=O)C1=Cc1ccccc1. The third-order valence-corrected chi connectivity index (χ3v) is 2.49. The minimum absolute atomic E-state index is 0.334. The second-order valence-corrected chi connectivity index (χ2v) is 4.02. The van der Waals surface area contributed by atoms with Crippen molar-refractivity contribution in [3.63, 3.8) is 0 Å². The van der Waals surface area contributed by atoms with Crippen molar-refractivity contribution in [3.8, 4) is 0 Å². The summed E-state index contributed by atoms with van der Waals surface area (Å²) in [6.45, 7) is 3.57. The van der Waals surface area contributed by atoms with Crippen LogP contribution in [0.1, 0.15) is 19.4 Å². The average molecular weight is 228 g/mol. The van der Waals surface area contributed by atoms with Crippen molar-refractivity contribution in [3.05, 3.63) is 52.6 Å². The van der Waals surface area contributed by atoms with Gasteiger partial charge in [-0.25, -0.2) is 9.59 Å². The highest BCUT2D eigenvalue weighted by molar-refractivity contribution is 6.20. The number of carbonyl (C=O) groups excluding carboxylic acids is 2. The van der Waals surface area contributed by atoms with Crippen LogP contribution in [0.25, 0.3) is 6.08 Å². The van der Waals surface area contributed by atoms with Crippen LogP contribution in [0.15, 0.2) is 47.1 Å². The average Bonchev–Trinajstić information content (AvgIpc) is 2.55. The van der Waals surface area contributed by atoms with Crippen molar-refractivity contribution in [2.75, 3.05) is 0 Å². The first kappa shape index (κ1) is 11.3. The number of carbonyl (C=O) groups is 2. The maximum absolute atomic E-state index is 11.6. The van der Waals surface area contributed by atoms with Gasteiger partial charge in [-0.1, -0.05) is 35.9 Å². The zero-order valence-electron chi connectivity index (χ0n) is 9.69. The lowest BCUT2D eigenvalue weighted by Crippen LogP contribution is -1.97. The molecule has 3 heteroatoms. The van der Waals surface area contributed by atoms with E-state index in [1.165, 1.54) is 0 Å². The molecule has 0 N–H and O–H groups in total. The minimum atomic E-state index is -0.574. The van der Waals surface area contributed by atoms with E-state index in [-0.39, 0.29) is 0 Å². The lowest BCUT2D eigenvalue weighted by molar-refractivity contribution is -0.149. The van der Waals surface area contributed by atoms with E-state index in [4.69, 9.17) is 0 Å². The largest absolute Gasteiger partial charge is 0.386 e. The lowest BCUT2D eigenvalue weighted by Gasteiger charge is -1.97. The third-order valence-electron chi connectivity index (χ3n) is 2.49.